The van der Waals surface area contributed by atoms with E-state index in [9.17, 15) is 4.21 Å². The molecule has 1 atom stereocenters. The fourth-order valence-corrected chi connectivity index (χ4v) is 1.89. The Hall–Kier alpha value is -0.680. The lowest BCUT2D eigenvalue weighted by molar-refractivity contribution is 0.685. The summed E-state index contributed by atoms with van der Waals surface area (Å²) in [5.74, 6) is 2.06. The van der Waals surface area contributed by atoms with Crippen LogP contribution in [0.3, 0.4) is 0 Å². The van der Waals surface area contributed by atoms with Crippen LogP contribution in [-0.4, -0.2) is 32.7 Å². The molecular weight excluding hydrogens is 234 g/mol. The van der Waals surface area contributed by atoms with Crippen molar-refractivity contribution in [2.45, 2.75) is 13.3 Å². The second-order valence-corrected chi connectivity index (χ2v) is 5.12. The van der Waals surface area contributed by atoms with E-state index in [2.05, 4.69) is 15.3 Å². The summed E-state index contributed by atoms with van der Waals surface area (Å²) in [6.45, 7) is 2.53. The van der Waals surface area contributed by atoms with Crippen molar-refractivity contribution in [2.75, 3.05) is 23.9 Å². The van der Waals surface area contributed by atoms with Crippen LogP contribution in [0.1, 0.15) is 12.2 Å². The first-order valence-electron chi connectivity index (χ1n) is 4.63. The molecule has 1 rings (SSSR count). The first-order valence-corrected chi connectivity index (χ1v) is 6.73. The largest absolute Gasteiger partial charge is 0.370 e. The van der Waals surface area contributed by atoms with E-state index in [1.54, 1.807) is 19.2 Å². The third-order valence-electron chi connectivity index (χ3n) is 1.72. The Kier molecular flexibility index (Phi) is 4.98. The van der Waals surface area contributed by atoms with E-state index in [1.807, 2.05) is 0 Å². The molecule has 84 valence electrons. The number of nitrogens with zero attached hydrogens (tertiary/aromatic N) is 2. The average Bonchev–Trinajstić information content (AvgIpc) is 2.10. The third kappa shape index (κ3) is 5.09. The first-order chi connectivity index (χ1) is 7.08. The fraction of sp³-hybridized carbons (Fsp3) is 0.556. The first kappa shape index (κ1) is 12.4. The summed E-state index contributed by atoms with van der Waals surface area (Å²) in [5.41, 5.74) is 0. The van der Waals surface area contributed by atoms with Gasteiger partial charge in [0.25, 0.3) is 0 Å². The van der Waals surface area contributed by atoms with Crippen molar-refractivity contribution in [1.29, 1.82) is 0 Å². The van der Waals surface area contributed by atoms with Gasteiger partial charge in [-0.1, -0.05) is 11.6 Å². The smallest absolute Gasteiger partial charge is 0.134 e. The zero-order valence-electron chi connectivity index (χ0n) is 8.79. The Morgan fingerprint density at radius 1 is 1.53 bits per heavy atom. The quantitative estimate of drug-likeness (QED) is 0.635. The Morgan fingerprint density at radius 3 is 2.87 bits per heavy atom. The van der Waals surface area contributed by atoms with Crippen LogP contribution < -0.4 is 5.32 Å². The highest BCUT2D eigenvalue weighted by atomic mass is 35.5. The van der Waals surface area contributed by atoms with Crippen molar-refractivity contribution < 1.29 is 4.21 Å². The van der Waals surface area contributed by atoms with Gasteiger partial charge in [0, 0.05) is 35.4 Å². The van der Waals surface area contributed by atoms with Gasteiger partial charge >= 0.3 is 0 Å². The standard InChI is InChI=1S/C9H14ClN3OS/c1-7-12-8(10)6-9(13-7)11-4-3-5-15(2)14/h6H,3-5H2,1-2H3,(H,11,12,13). The van der Waals surface area contributed by atoms with Crippen LogP contribution in [-0.2, 0) is 10.8 Å². The van der Waals surface area contributed by atoms with E-state index in [-0.39, 0.29) is 0 Å². The molecule has 1 heterocycles. The van der Waals surface area contributed by atoms with Crippen molar-refractivity contribution in [2.24, 2.45) is 0 Å². The summed E-state index contributed by atoms with van der Waals surface area (Å²) < 4.78 is 10.8. The van der Waals surface area contributed by atoms with Crippen molar-refractivity contribution in [3.63, 3.8) is 0 Å². The number of hydrogen-bond acceptors (Lipinski definition) is 4. The molecule has 0 aliphatic carbocycles. The Labute approximate surface area is 96.9 Å². The number of anilines is 1. The maximum absolute atomic E-state index is 10.8. The average molecular weight is 248 g/mol. The Morgan fingerprint density at radius 2 is 2.27 bits per heavy atom. The molecule has 0 aromatic carbocycles. The number of hydrogen-bond donors (Lipinski definition) is 1. The van der Waals surface area contributed by atoms with Gasteiger partial charge < -0.3 is 5.32 Å². The topological polar surface area (TPSA) is 54.9 Å². The summed E-state index contributed by atoms with van der Waals surface area (Å²) in [5, 5.41) is 3.55. The molecule has 1 N–H and O–H groups in total. The Balaban J connectivity index is 2.40. The van der Waals surface area contributed by atoms with Crippen LogP contribution in [0.4, 0.5) is 5.82 Å². The molecule has 4 nitrogen and oxygen atoms in total. The number of rotatable bonds is 5. The lowest BCUT2D eigenvalue weighted by Crippen LogP contribution is -2.08. The van der Waals surface area contributed by atoms with Crippen molar-refractivity contribution in [1.82, 2.24) is 9.97 Å². The van der Waals surface area contributed by atoms with Gasteiger partial charge in [-0.05, 0) is 13.3 Å². The van der Waals surface area contributed by atoms with E-state index in [0.717, 1.165) is 18.8 Å². The SMILES string of the molecule is Cc1nc(Cl)cc(NCCCS(C)=O)n1. The molecule has 6 heteroatoms. The predicted molar refractivity (Wildman–Crippen MR) is 63.8 cm³/mol. The van der Waals surface area contributed by atoms with Crippen LogP contribution in [0.15, 0.2) is 6.07 Å². The minimum Gasteiger partial charge on any atom is -0.370 e. The van der Waals surface area contributed by atoms with E-state index in [0.29, 0.717) is 16.7 Å². The van der Waals surface area contributed by atoms with Crippen LogP contribution in [0.2, 0.25) is 5.15 Å². The number of aryl methyl sites for hydroxylation is 1. The predicted octanol–water partition coefficient (Wildman–Crippen LogP) is 1.62. The van der Waals surface area contributed by atoms with Crippen molar-refractivity contribution >= 4 is 28.2 Å². The maximum Gasteiger partial charge on any atom is 0.134 e. The molecule has 0 amide bonds. The molecule has 0 fully saturated rings. The summed E-state index contributed by atoms with van der Waals surface area (Å²) in [4.78, 5) is 8.12. The molecule has 0 bridgehead atoms. The molecular formula is C9H14ClN3OS. The van der Waals surface area contributed by atoms with Gasteiger partial charge in [0.2, 0.25) is 0 Å². The number of aromatic nitrogens is 2. The van der Waals surface area contributed by atoms with Gasteiger partial charge in [-0.25, -0.2) is 9.97 Å². The number of halogens is 1. The van der Waals surface area contributed by atoms with E-state index < -0.39 is 10.8 Å². The second kappa shape index (κ2) is 6.02. The molecule has 15 heavy (non-hydrogen) atoms. The molecule has 1 aromatic heterocycles. The maximum atomic E-state index is 10.8. The van der Waals surface area contributed by atoms with Gasteiger partial charge in [-0.15, -0.1) is 0 Å². The molecule has 0 spiro atoms. The molecule has 0 radical (unpaired) electrons. The third-order valence-corrected chi connectivity index (χ3v) is 2.78. The van der Waals surface area contributed by atoms with Gasteiger partial charge in [0.1, 0.15) is 16.8 Å². The Bertz CT molecular complexity index is 339. The van der Waals surface area contributed by atoms with Gasteiger partial charge in [0.15, 0.2) is 0 Å². The minimum absolute atomic E-state index is 0.434. The summed E-state index contributed by atoms with van der Waals surface area (Å²) in [7, 11) is -0.731. The number of nitrogens with one attached hydrogen (secondary N) is 1. The molecule has 0 aliphatic heterocycles. The zero-order chi connectivity index (χ0) is 11.3. The lowest BCUT2D eigenvalue weighted by Gasteiger charge is -2.05. The van der Waals surface area contributed by atoms with Crippen LogP contribution in [0.5, 0.6) is 0 Å². The highest BCUT2D eigenvalue weighted by Gasteiger charge is 1.99. The fourth-order valence-electron chi connectivity index (χ4n) is 1.11. The van der Waals surface area contributed by atoms with E-state index in [4.69, 9.17) is 11.6 Å². The molecule has 1 unspecified atom stereocenters. The zero-order valence-corrected chi connectivity index (χ0v) is 10.4. The van der Waals surface area contributed by atoms with Crippen LogP contribution in [0.25, 0.3) is 0 Å². The lowest BCUT2D eigenvalue weighted by atomic mass is 10.4. The van der Waals surface area contributed by atoms with E-state index in [1.165, 1.54) is 0 Å². The molecule has 1 aromatic rings. The normalized spacial score (nSPS) is 12.5. The molecule has 0 saturated heterocycles. The van der Waals surface area contributed by atoms with Crippen LogP contribution >= 0.6 is 11.6 Å². The second-order valence-electron chi connectivity index (χ2n) is 3.18. The highest BCUT2D eigenvalue weighted by Crippen LogP contribution is 2.10. The highest BCUT2D eigenvalue weighted by molar-refractivity contribution is 7.84. The van der Waals surface area contributed by atoms with Gasteiger partial charge in [-0.2, -0.15) is 0 Å². The molecule has 0 aliphatic rings. The summed E-state index contributed by atoms with van der Waals surface area (Å²) in [6.07, 6.45) is 2.55. The van der Waals surface area contributed by atoms with Gasteiger partial charge in [0.05, 0.1) is 0 Å². The van der Waals surface area contributed by atoms with Crippen LogP contribution in [0, 0.1) is 6.92 Å². The van der Waals surface area contributed by atoms with Crippen molar-refractivity contribution in [3.8, 4) is 0 Å². The molecule has 0 saturated carbocycles. The monoisotopic (exact) mass is 247 g/mol. The van der Waals surface area contributed by atoms with E-state index >= 15 is 0 Å². The van der Waals surface area contributed by atoms with Gasteiger partial charge in [-0.3, -0.25) is 4.21 Å². The summed E-state index contributed by atoms with van der Waals surface area (Å²) in [6, 6.07) is 1.68. The minimum atomic E-state index is -0.731. The summed E-state index contributed by atoms with van der Waals surface area (Å²) >= 11 is 5.77. The van der Waals surface area contributed by atoms with Crippen molar-refractivity contribution in [3.05, 3.63) is 17.0 Å².